The highest BCUT2D eigenvalue weighted by Gasteiger charge is 1.81. The van der Waals surface area contributed by atoms with Crippen LogP contribution >= 0.6 is 22.8 Å². The molecule has 46 valence electrons. The van der Waals surface area contributed by atoms with Crippen molar-refractivity contribution in [1.29, 1.82) is 0 Å². The Hall–Kier alpha value is 0.120. The van der Waals surface area contributed by atoms with Crippen molar-refractivity contribution in [2.45, 2.75) is 6.92 Å². The van der Waals surface area contributed by atoms with Gasteiger partial charge in [0.25, 0.3) is 0 Å². The summed E-state index contributed by atoms with van der Waals surface area (Å²) in [6.07, 6.45) is 1.37. The van der Waals surface area contributed by atoms with Crippen molar-refractivity contribution in [1.82, 2.24) is 0 Å². The lowest BCUT2D eigenvalue weighted by molar-refractivity contribution is -0.135. The second kappa shape index (κ2) is 5.26. The summed E-state index contributed by atoms with van der Waals surface area (Å²) < 4.78 is 4.44. The van der Waals surface area contributed by atoms with Crippen LogP contribution in [0.2, 0.25) is 0 Å². The van der Waals surface area contributed by atoms with E-state index in [9.17, 15) is 4.79 Å². The van der Waals surface area contributed by atoms with E-state index in [-0.39, 0.29) is 5.97 Å². The highest BCUT2D eigenvalue weighted by molar-refractivity contribution is 9.37. The van der Waals surface area contributed by atoms with Gasteiger partial charge in [0.2, 0.25) is 0 Å². The van der Waals surface area contributed by atoms with Gasteiger partial charge in [0.1, 0.15) is 0 Å². The topological polar surface area (TPSA) is 26.3 Å². The lowest BCUT2D eigenvalue weighted by atomic mass is 10.8. The first-order valence-electron chi connectivity index (χ1n) is 1.95. The Morgan fingerprint density at radius 1 is 1.88 bits per heavy atom. The fourth-order valence-electron chi connectivity index (χ4n) is 0.156. The van der Waals surface area contributed by atoms with Gasteiger partial charge in [-0.25, -0.2) is 0 Å². The second-order valence-corrected chi connectivity index (χ2v) is 2.95. The van der Waals surface area contributed by atoms with Crippen molar-refractivity contribution in [3.63, 3.8) is 0 Å². The van der Waals surface area contributed by atoms with Crippen molar-refractivity contribution in [2.75, 3.05) is 0 Å². The number of rotatable bonds is 2. The van der Waals surface area contributed by atoms with Crippen molar-refractivity contribution < 1.29 is 9.53 Å². The molecular weight excluding hydrogens is 191 g/mol. The van der Waals surface area contributed by atoms with Crippen LogP contribution in [0.5, 0.6) is 0 Å². The lowest BCUT2D eigenvalue weighted by Gasteiger charge is -1.86. The van der Waals surface area contributed by atoms with E-state index in [0.717, 1.165) is 0 Å². The first-order chi connectivity index (χ1) is 3.77. The molecule has 0 bridgehead atoms. The number of hydrogen-bond donors (Lipinski definition) is 0. The van der Waals surface area contributed by atoms with Gasteiger partial charge in [0.05, 0.1) is 6.26 Å². The van der Waals surface area contributed by atoms with Crippen LogP contribution < -0.4 is 0 Å². The minimum Gasteiger partial charge on any atom is -0.435 e. The molecule has 0 spiro atoms. The molecule has 0 aromatic rings. The van der Waals surface area contributed by atoms with Gasteiger partial charge in [-0.2, -0.15) is 0 Å². The fourth-order valence-corrected chi connectivity index (χ4v) is 0.599. The third-order valence-electron chi connectivity index (χ3n) is 0.365. The van der Waals surface area contributed by atoms with Gasteiger partial charge >= 0.3 is 5.97 Å². The monoisotopic (exact) mass is 196 g/mol. The Morgan fingerprint density at radius 2 is 2.50 bits per heavy atom. The van der Waals surface area contributed by atoms with E-state index in [1.54, 1.807) is 5.82 Å². The summed E-state index contributed by atoms with van der Waals surface area (Å²) in [7, 11) is 0.512. The molecule has 0 amide bonds. The molecule has 1 atom stereocenters. The van der Waals surface area contributed by atoms with E-state index < -0.39 is 0 Å². The molecular formula is C4H6BrO2P. The number of carbonyl (C=O) groups excluding carboxylic acids is 1. The average Bonchev–Trinajstić information content (AvgIpc) is 1.66. The zero-order valence-corrected chi connectivity index (χ0v) is 6.94. The predicted octanol–water partition coefficient (Wildman–Crippen LogP) is 2.01. The van der Waals surface area contributed by atoms with Crippen molar-refractivity contribution in [3.05, 3.63) is 12.1 Å². The molecule has 0 N–H and O–H groups in total. The van der Waals surface area contributed by atoms with Crippen LogP contribution in [0.4, 0.5) is 0 Å². The Labute approximate surface area is 57.8 Å². The molecule has 0 radical (unpaired) electrons. The molecule has 8 heavy (non-hydrogen) atoms. The Morgan fingerprint density at radius 3 is 2.88 bits per heavy atom. The smallest absolute Gasteiger partial charge is 0.307 e. The third-order valence-corrected chi connectivity index (χ3v) is 1.42. The van der Waals surface area contributed by atoms with Gasteiger partial charge in [0, 0.05) is 6.92 Å². The number of ether oxygens (including phenoxy) is 1. The fraction of sp³-hybridized carbons (Fsp3) is 0.250. The number of carbonyl (C=O) groups is 1. The molecule has 0 aliphatic rings. The zero-order chi connectivity index (χ0) is 6.41. The van der Waals surface area contributed by atoms with Crippen molar-refractivity contribution in [3.8, 4) is 0 Å². The molecule has 0 saturated heterocycles. The minimum absolute atomic E-state index is 0.285. The number of esters is 1. The first-order valence-corrected chi connectivity index (χ1v) is 5.29. The van der Waals surface area contributed by atoms with E-state index in [1.165, 1.54) is 13.2 Å². The van der Waals surface area contributed by atoms with E-state index >= 15 is 0 Å². The summed E-state index contributed by atoms with van der Waals surface area (Å²) >= 11 is 3.15. The molecule has 0 aromatic heterocycles. The maximum Gasteiger partial charge on any atom is 0.307 e. The van der Waals surface area contributed by atoms with Crippen LogP contribution in [-0.2, 0) is 9.53 Å². The van der Waals surface area contributed by atoms with E-state index in [0.29, 0.717) is 7.28 Å². The summed E-state index contributed by atoms with van der Waals surface area (Å²) in [6.45, 7) is 1.36. The highest BCUT2D eigenvalue weighted by Crippen LogP contribution is 2.20. The second-order valence-electron chi connectivity index (χ2n) is 1.02. The minimum atomic E-state index is -0.285. The standard InChI is InChI=1S/C4H6BrO2P/c1-4(6)7-2-3-8-5/h2-3,8H,1H3. The van der Waals surface area contributed by atoms with Gasteiger partial charge in [-0.3, -0.25) is 4.79 Å². The van der Waals surface area contributed by atoms with E-state index in [2.05, 4.69) is 20.2 Å². The average molecular weight is 197 g/mol. The largest absolute Gasteiger partial charge is 0.435 e. The molecule has 0 fully saturated rings. The molecule has 0 aromatic carbocycles. The Bertz CT molecular complexity index is 102. The Kier molecular flexibility index (Phi) is 5.34. The zero-order valence-electron chi connectivity index (χ0n) is 4.35. The number of halogens is 1. The molecule has 0 aliphatic heterocycles. The van der Waals surface area contributed by atoms with E-state index in [1.807, 2.05) is 0 Å². The lowest BCUT2D eigenvalue weighted by Crippen LogP contribution is -1.88. The summed E-state index contributed by atoms with van der Waals surface area (Å²) in [5.41, 5.74) is 0. The predicted molar refractivity (Wildman–Crippen MR) is 38.1 cm³/mol. The molecule has 4 heteroatoms. The normalized spacial score (nSPS) is 11.2. The summed E-state index contributed by atoms with van der Waals surface area (Å²) in [5.74, 6) is 1.44. The first kappa shape index (κ1) is 8.12. The summed E-state index contributed by atoms with van der Waals surface area (Å²) in [4.78, 5) is 10.0. The van der Waals surface area contributed by atoms with Crippen LogP contribution in [0.3, 0.4) is 0 Å². The van der Waals surface area contributed by atoms with Crippen molar-refractivity contribution in [2.24, 2.45) is 0 Å². The molecule has 0 rings (SSSR count). The van der Waals surface area contributed by atoms with Crippen LogP contribution in [0.15, 0.2) is 12.1 Å². The molecule has 0 aliphatic carbocycles. The molecule has 1 unspecified atom stereocenters. The quantitative estimate of drug-likeness (QED) is 0.384. The maximum atomic E-state index is 10.0. The number of hydrogen-bond acceptors (Lipinski definition) is 2. The molecule has 0 heterocycles. The van der Waals surface area contributed by atoms with Crippen molar-refractivity contribution >= 4 is 28.7 Å². The molecule has 0 saturated carbocycles. The van der Waals surface area contributed by atoms with Crippen LogP contribution in [-0.4, -0.2) is 5.97 Å². The van der Waals surface area contributed by atoms with Crippen LogP contribution in [0.1, 0.15) is 6.92 Å². The highest BCUT2D eigenvalue weighted by atomic mass is 79.9. The summed E-state index contributed by atoms with van der Waals surface area (Å²) in [6, 6.07) is 0. The van der Waals surface area contributed by atoms with Gasteiger partial charge < -0.3 is 4.74 Å². The summed E-state index contributed by atoms with van der Waals surface area (Å²) in [5, 5.41) is 0. The van der Waals surface area contributed by atoms with Gasteiger partial charge in [-0.15, -0.1) is 0 Å². The third kappa shape index (κ3) is 6.12. The van der Waals surface area contributed by atoms with Gasteiger partial charge in [-0.1, -0.05) is 15.5 Å². The molecule has 2 nitrogen and oxygen atoms in total. The van der Waals surface area contributed by atoms with Gasteiger partial charge in [0.15, 0.2) is 0 Å². The Balaban J connectivity index is 3.16. The maximum absolute atomic E-state index is 10.0. The van der Waals surface area contributed by atoms with Crippen LogP contribution in [0.25, 0.3) is 0 Å². The van der Waals surface area contributed by atoms with Gasteiger partial charge in [-0.05, 0) is 13.1 Å². The SMILES string of the molecule is CC(=O)OC=CPBr. The van der Waals surface area contributed by atoms with E-state index in [4.69, 9.17) is 0 Å². The van der Waals surface area contributed by atoms with Crippen LogP contribution in [0, 0.1) is 0 Å².